The quantitative estimate of drug-likeness (QED) is 0.729. The molecule has 2 aliphatic heterocycles. The number of hydrogen-bond donors (Lipinski definition) is 1. The molecule has 6 nitrogen and oxygen atoms in total. The van der Waals surface area contributed by atoms with Crippen molar-refractivity contribution in [1.82, 2.24) is 0 Å². The lowest BCUT2D eigenvalue weighted by atomic mass is 10.0. The lowest BCUT2D eigenvalue weighted by Gasteiger charge is -2.23. The number of ether oxygens (including phenoxy) is 3. The molecule has 6 heteroatoms. The van der Waals surface area contributed by atoms with Crippen molar-refractivity contribution in [2.24, 2.45) is 0 Å². The van der Waals surface area contributed by atoms with Crippen LogP contribution in [0.25, 0.3) is 6.08 Å². The second kappa shape index (κ2) is 8.17. The minimum atomic E-state index is -0.202. The monoisotopic (exact) mass is 395 g/mol. The molecule has 0 amide bonds. The van der Waals surface area contributed by atoms with Gasteiger partial charge < -0.3 is 24.2 Å². The Bertz CT molecular complexity index is 960. The van der Waals surface area contributed by atoms with Crippen LogP contribution in [0.2, 0.25) is 0 Å². The van der Waals surface area contributed by atoms with Crippen molar-refractivity contribution in [2.45, 2.75) is 33.2 Å². The van der Waals surface area contributed by atoms with Crippen molar-refractivity contribution >= 4 is 11.9 Å². The predicted octanol–water partition coefficient (Wildman–Crippen LogP) is 2.31. The maximum atomic E-state index is 12.9. The van der Waals surface area contributed by atoms with Crippen molar-refractivity contribution in [3.05, 3.63) is 52.8 Å². The third-order valence-electron chi connectivity index (χ3n) is 5.23. The van der Waals surface area contributed by atoms with E-state index in [2.05, 4.69) is 13.8 Å². The summed E-state index contributed by atoms with van der Waals surface area (Å²) in [5, 5.41) is 12.6. The summed E-state index contributed by atoms with van der Waals surface area (Å²) in [4.78, 5) is 14.2. The van der Waals surface area contributed by atoms with Gasteiger partial charge in [-0.2, -0.15) is 0 Å². The second-order valence-electron chi connectivity index (χ2n) is 7.40. The molecule has 2 aliphatic rings. The minimum absolute atomic E-state index is 0.0782. The van der Waals surface area contributed by atoms with Crippen LogP contribution in [0.5, 0.6) is 23.0 Å². The van der Waals surface area contributed by atoms with Crippen molar-refractivity contribution < 1.29 is 29.0 Å². The molecule has 0 saturated heterocycles. The number of benzene rings is 2. The highest BCUT2D eigenvalue weighted by atomic mass is 16.7. The summed E-state index contributed by atoms with van der Waals surface area (Å²) in [5.41, 5.74) is 1.82. The molecule has 0 fully saturated rings. The molecule has 2 heterocycles. The van der Waals surface area contributed by atoms with E-state index in [1.54, 1.807) is 18.2 Å². The standard InChI is InChI=1S/C23H25NO5/c1-3-9-24(10-4-2)13-17-18(25)7-6-16-22(26)21(29-23(16)17)12-15-5-8-19-20(11-15)28-14-27-19/h5-8,11-12,25H,3-4,9-10,13-14H2,1-2H3. The van der Waals surface area contributed by atoms with Gasteiger partial charge in [0.15, 0.2) is 17.3 Å². The van der Waals surface area contributed by atoms with Crippen LogP contribution in [0.1, 0.15) is 48.2 Å². The molecule has 29 heavy (non-hydrogen) atoms. The van der Waals surface area contributed by atoms with Gasteiger partial charge in [-0.05, 0) is 42.7 Å². The number of rotatable bonds is 7. The van der Waals surface area contributed by atoms with Gasteiger partial charge in [0, 0.05) is 5.56 Å². The summed E-state index contributed by atoms with van der Waals surface area (Å²) < 4.78 is 16.7. The first-order chi connectivity index (χ1) is 14.1. The third-order valence-corrected chi connectivity index (χ3v) is 5.23. The average Bonchev–Trinajstić information content (AvgIpc) is 3.29. The summed E-state index contributed by atoms with van der Waals surface area (Å²) in [6, 6.07) is 8.51. The number of nitrogens with one attached hydrogen (secondary N) is 1. The number of allylic oxidation sites excluding steroid dienone is 1. The number of carbonyl (C=O) groups is 1. The van der Waals surface area contributed by atoms with Crippen molar-refractivity contribution in [1.29, 1.82) is 0 Å². The number of quaternary nitrogens is 1. The maximum Gasteiger partial charge on any atom is 0.231 e. The van der Waals surface area contributed by atoms with Crippen LogP contribution >= 0.6 is 0 Å². The van der Waals surface area contributed by atoms with E-state index in [0.717, 1.165) is 31.5 Å². The molecular formula is C23H25NO5. The van der Waals surface area contributed by atoms with Crippen molar-refractivity contribution in [3.63, 3.8) is 0 Å². The molecule has 0 saturated carbocycles. The summed E-state index contributed by atoms with van der Waals surface area (Å²) in [6.07, 6.45) is 3.75. The van der Waals surface area contributed by atoms with Crippen LogP contribution in [-0.2, 0) is 6.54 Å². The smallest absolute Gasteiger partial charge is 0.231 e. The van der Waals surface area contributed by atoms with Crippen molar-refractivity contribution in [2.75, 3.05) is 19.9 Å². The van der Waals surface area contributed by atoms with Gasteiger partial charge in [-0.15, -0.1) is 0 Å². The van der Waals surface area contributed by atoms with Gasteiger partial charge in [0.25, 0.3) is 0 Å². The van der Waals surface area contributed by atoms with E-state index < -0.39 is 0 Å². The molecule has 0 aromatic heterocycles. The largest absolute Gasteiger partial charge is 0.872 e. The van der Waals surface area contributed by atoms with Crippen LogP contribution < -0.4 is 24.2 Å². The van der Waals surface area contributed by atoms with Gasteiger partial charge in [0.1, 0.15) is 12.3 Å². The zero-order valence-electron chi connectivity index (χ0n) is 16.7. The third kappa shape index (κ3) is 3.80. The Morgan fingerprint density at radius 1 is 1.07 bits per heavy atom. The number of fused-ring (bicyclic) bond motifs is 2. The lowest BCUT2D eigenvalue weighted by molar-refractivity contribution is -0.914. The lowest BCUT2D eigenvalue weighted by Crippen LogP contribution is -3.10. The maximum absolute atomic E-state index is 12.9. The molecule has 2 aromatic carbocycles. The molecule has 0 bridgehead atoms. The first-order valence-corrected chi connectivity index (χ1v) is 10.1. The van der Waals surface area contributed by atoms with Gasteiger partial charge >= 0.3 is 0 Å². The fourth-order valence-electron chi connectivity index (χ4n) is 3.87. The van der Waals surface area contributed by atoms with E-state index in [1.165, 1.54) is 11.0 Å². The van der Waals surface area contributed by atoms with Gasteiger partial charge in [-0.25, -0.2) is 0 Å². The highest BCUT2D eigenvalue weighted by Gasteiger charge is 2.31. The Hall–Kier alpha value is -2.99. The number of hydrogen-bond acceptors (Lipinski definition) is 5. The molecule has 1 N–H and O–H groups in total. The molecule has 0 atom stereocenters. The predicted molar refractivity (Wildman–Crippen MR) is 106 cm³/mol. The summed E-state index contributed by atoms with van der Waals surface area (Å²) in [7, 11) is 0. The van der Waals surface area contributed by atoms with Gasteiger partial charge in [-0.1, -0.05) is 31.7 Å². The number of ketones is 1. The van der Waals surface area contributed by atoms with Crippen LogP contribution in [0.15, 0.2) is 36.1 Å². The zero-order chi connectivity index (χ0) is 20.4. The Labute approximate surface area is 170 Å². The summed E-state index contributed by atoms with van der Waals surface area (Å²) in [6.45, 7) is 6.98. The Balaban J connectivity index is 1.64. The Kier molecular flexibility index (Phi) is 5.45. The highest BCUT2D eigenvalue weighted by Crippen LogP contribution is 2.39. The van der Waals surface area contributed by atoms with Crippen LogP contribution in [0, 0.1) is 0 Å². The summed E-state index contributed by atoms with van der Waals surface area (Å²) >= 11 is 0. The van der Waals surface area contributed by atoms with Gasteiger partial charge in [0.2, 0.25) is 12.6 Å². The topological polar surface area (TPSA) is 72.3 Å². The SMILES string of the molecule is CCC[NH+](CCC)Cc1c([O-])ccc2c1OC(=Cc1ccc3c(c1)OCO3)C2=O. The Morgan fingerprint density at radius 3 is 2.59 bits per heavy atom. The first-order valence-electron chi connectivity index (χ1n) is 10.1. The van der Waals surface area contributed by atoms with Crippen LogP contribution in [0.3, 0.4) is 0 Å². The van der Waals surface area contributed by atoms with E-state index in [9.17, 15) is 9.90 Å². The molecule has 0 aliphatic carbocycles. The van der Waals surface area contributed by atoms with E-state index in [0.29, 0.717) is 34.9 Å². The second-order valence-corrected chi connectivity index (χ2v) is 7.40. The fourth-order valence-corrected chi connectivity index (χ4v) is 3.87. The molecule has 2 aromatic rings. The zero-order valence-corrected chi connectivity index (χ0v) is 16.7. The molecule has 0 radical (unpaired) electrons. The minimum Gasteiger partial charge on any atom is -0.872 e. The highest BCUT2D eigenvalue weighted by molar-refractivity contribution is 6.15. The van der Waals surface area contributed by atoms with Crippen LogP contribution in [-0.4, -0.2) is 25.7 Å². The first kappa shape index (κ1) is 19.3. The van der Waals surface area contributed by atoms with Gasteiger partial charge in [0.05, 0.1) is 18.7 Å². The molecule has 4 rings (SSSR count). The normalized spacial score (nSPS) is 15.8. The van der Waals surface area contributed by atoms with Gasteiger partial charge in [-0.3, -0.25) is 4.79 Å². The molecule has 0 unspecified atom stereocenters. The summed E-state index contributed by atoms with van der Waals surface area (Å²) in [5.74, 6) is 1.68. The van der Waals surface area contributed by atoms with E-state index in [-0.39, 0.29) is 24.1 Å². The Morgan fingerprint density at radius 2 is 1.83 bits per heavy atom. The van der Waals surface area contributed by atoms with E-state index in [4.69, 9.17) is 14.2 Å². The number of carbonyl (C=O) groups excluding carboxylic acids is 1. The number of Topliss-reactive ketones (excluding diaryl/α,β-unsaturated/α-hetero) is 1. The van der Waals surface area contributed by atoms with E-state index in [1.807, 2.05) is 12.1 Å². The average molecular weight is 395 g/mol. The molecular weight excluding hydrogens is 370 g/mol. The van der Waals surface area contributed by atoms with Crippen LogP contribution in [0.4, 0.5) is 0 Å². The molecule has 152 valence electrons. The fraction of sp³-hybridized carbons (Fsp3) is 0.348. The van der Waals surface area contributed by atoms with Crippen molar-refractivity contribution in [3.8, 4) is 23.0 Å². The van der Waals surface area contributed by atoms with E-state index >= 15 is 0 Å². The molecule has 0 spiro atoms.